The van der Waals surface area contributed by atoms with Gasteiger partial charge in [-0.15, -0.1) is 23.1 Å². The minimum Gasteiger partial charge on any atom is -0.329 e. The van der Waals surface area contributed by atoms with E-state index in [4.69, 9.17) is 5.73 Å². The zero-order valence-electron chi connectivity index (χ0n) is 8.90. The fourth-order valence-electron chi connectivity index (χ4n) is 1.40. The standard InChI is InChI=1S/C12H11Br2NS2/c13-8-1-3-10(4-2-8)17-12(6-15)11-5-9(14)7-16-11/h1-5,7,12H,6,15H2. The van der Waals surface area contributed by atoms with Crippen LogP contribution in [0.15, 0.2) is 49.6 Å². The van der Waals surface area contributed by atoms with E-state index >= 15 is 0 Å². The molecule has 1 unspecified atom stereocenters. The number of thioether (sulfide) groups is 1. The SMILES string of the molecule is NCC(Sc1ccc(Br)cc1)c1cc(Br)cs1. The zero-order valence-corrected chi connectivity index (χ0v) is 13.7. The lowest BCUT2D eigenvalue weighted by atomic mass is 10.3. The lowest BCUT2D eigenvalue weighted by molar-refractivity contribution is 0.960. The van der Waals surface area contributed by atoms with Crippen molar-refractivity contribution < 1.29 is 0 Å². The monoisotopic (exact) mass is 391 g/mol. The van der Waals surface area contributed by atoms with E-state index in [0.717, 1.165) is 8.95 Å². The van der Waals surface area contributed by atoms with Crippen LogP contribution in [0.2, 0.25) is 0 Å². The van der Waals surface area contributed by atoms with Gasteiger partial charge in [-0.1, -0.05) is 15.9 Å². The summed E-state index contributed by atoms with van der Waals surface area (Å²) in [5.74, 6) is 0. The average Bonchev–Trinajstić information content (AvgIpc) is 2.75. The van der Waals surface area contributed by atoms with E-state index < -0.39 is 0 Å². The largest absolute Gasteiger partial charge is 0.329 e. The molecule has 2 aromatic rings. The van der Waals surface area contributed by atoms with Crippen LogP contribution in [0.4, 0.5) is 0 Å². The predicted octanol–water partition coefficient (Wildman–Crippen LogP) is 5.07. The lowest BCUT2D eigenvalue weighted by Crippen LogP contribution is -2.07. The summed E-state index contributed by atoms with van der Waals surface area (Å²) in [6.07, 6.45) is 0. The lowest BCUT2D eigenvalue weighted by Gasteiger charge is -2.12. The van der Waals surface area contributed by atoms with Crippen LogP contribution >= 0.6 is 55.0 Å². The van der Waals surface area contributed by atoms with Gasteiger partial charge in [-0.3, -0.25) is 0 Å². The van der Waals surface area contributed by atoms with Gasteiger partial charge in [-0.2, -0.15) is 0 Å². The van der Waals surface area contributed by atoms with Crippen LogP contribution in [0.25, 0.3) is 0 Å². The van der Waals surface area contributed by atoms with Crippen molar-refractivity contribution >= 4 is 55.0 Å². The predicted molar refractivity (Wildman–Crippen MR) is 83.8 cm³/mol. The number of halogens is 2. The highest BCUT2D eigenvalue weighted by atomic mass is 79.9. The third-order valence-electron chi connectivity index (χ3n) is 2.21. The van der Waals surface area contributed by atoms with Gasteiger partial charge < -0.3 is 5.73 Å². The topological polar surface area (TPSA) is 26.0 Å². The molecule has 0 saturated heterocycles. The van der Waals surface area contributed by atoms with Gasteiger partial charge in [-0.05, 0) is 46.3 Å². The van der Waals surface area contributed by atoms with Gasteiger partial charge in [0.05, 0.1) is 5.25 Å². The van der Waals surface area contributed by atoms with Gasteiger partial charge in [0.25, 0.3) is 0 Å². The Kier molecular flexibility index (Phi) is 5.11. The Bertz CT molecular complexity index is 482. The van der Waals surface area contributed by atoms with Gasteiger partial charge in [0.1, 0.15) is 0 Å². The maximum Gasteiger partial charge on any atom is 0.0561 e. The van der Waals surface area contributed by atoms with Crippen LogP contribution in [0.1, 0.15) is 10.1 Å². The average molecular weight is 393 g/mol. The molecule has 0 aliphatic carbocycles. The molecule has 0 fully saturated rings. The summed E-state index contributed by atoms with van der Waals surface area (Å²) in [5.41, 5.74) is 5.85. The van der Waals surface area contributed by atoms with E-state index in [0.29, 0.717) is 11.8 Å². The molecule has 0 bridgehead atoms. The number of benzene rings is 1. The Hall–Kier alpha value is 0.190. The number of hydrogen-bond acceptors (Lipinski definition) is 3. The summed E-state index contributed by atoms with van der Waals surface area (Å²) in [7, 11) is 0. The van der Waals surface area contributed by atoms with Gasteiger partial charge in [0.15, 0.2) is 0 Å². The molecule has 2 N–H and O–H groups in total. The Morgan fingerprint density at radius 2 is 1.88 bits per heavy atom. The normalized spacial score (nSPS) is 12.6. The fourth-order valence-corrected chi connectivity index (χ4v) is 4.31. The maximum absolute atomic E-state index is 5.85. The molecule has 1 nitrogen and oxygen atoms in total. The van der Waals surface area contributed by atoms with Crippen molar-refractivity contribution in [3.63, 3.8) is 0 Å². The van der Waals surface area contributed by atoms with Crippen LogP contribution in [-0.2, 0) is 0 Å². The highest BCUT2D eigenvalue weighted by Gasteiger charge is 2.13. The first-order valence-corrected chi connectivity index (χ1v) is 8.40. The van der Waals surface area contributed by atoms with E-state index in [2.05, 4.69) is 67.6 Å². The van der Waals surface area contributed by atoms with Gasteiger partial charge in [0, 0.05) is 30.6 Å². The summed E-state index contributed by atoms with van der Waals surface area (Å²) < 4.78 is 2.23. The first kappa shape index (κ1) is 13.6. The van der Waals surface area contributed by atoms with Crippen molar-refractivity contribution in [3.05, 3.63) is 49.5 Å². The summed E-state index contributed by atoms with van der Waals surface area (Å²) in [5, 5.41) is 2.42. The quantitative estimate of drug-likeness (QED) is 0.735. The van der Waals surface area contributed by atoms with E-state index in [-0.39, 0.29) is 0 Å². The number of rotatable bonds is 4. The van der Waals surface area contributed by atoms with Gasteiger partial charge in [0.2, 0.25) is 0 Å². The highest BCUT2D eigenvalue weighted by molar-refractivity contribution is 9.10. The van der Waals surface area contributed by atoms with Crippen LogP contribution in [0.5, 0.6) is 0 Å². The summed E-state index contributed by atoms with van der Waals surface area (Å²) in [6.45, 7) is 0.647. The zero-order chi connectivity index (χ0) is 12.3. The van der Waals surface area contributed by atoms with Crippen molar-refractivity contribution in [2.75, 3.05) is 6.54 Å². The molecule has 0 amide bonds. The van der Waals surface area contributed by atoms with E-state index in [1.54, 1.807) is 11.3 Å². The Morgan fingerprint density at radius 1 is 1.18 bits per heavy atom. The third kappa shape index (κ3) is 3.83. The molecular formula is C12H11Br2NS2. The Morgan fingerprint density at radius 3 is 2.41 bits per heavy atom. The molecular weight excluding hydrogens is 382 g/mol. The van der Waals surface area contributed by atoms with Crippen molar-refractivity contribution in [1.82, 2.24) is 0 Å². The van der Waals surface area contributed by atoms with Gasteiger partial charge >= 0.3 is 0 Å². The van der Waals surface area contributed by atoms with Crippen LogP contribution in [0.3, 0.4) is 0 Å². The third-order valence-corrected chi connectivity index (χ3v) is 5.97. The van der Waals surface area contributed by atoms with Crippen molar-refractivity contribution in [2.24, 2.45) is 5.73 Å². The number of nitrogens with two attached hydrogens (primary N) is 1. The van der Waals surface area contributed by atoms with Crippen molar-refractivity contribution in [2.45, 2.75) is 10.1 Å². The minimum absolute atomic E-state index is 0.326. The molecule has 0 aliphatic rings. The molecule has 2 rings (SSSR count). The molecule has 1 heterocycles. The number of hydrogen-bond donors (Lipinski definition) is 1. The summed E-state index contributed by atoms with van der Waals surface area (Å²) >= 11 is 10.5. The smallest absolute Gasteiger partial charge is 0.0561 e. The second-order valence-electron chi connectivity index (χ2n) is 3.46. The Labute approximate surface area is 126 Å². The molecule has 0 spiro atoms. The van der Waals surface area contributed by atoms with E-state index in [1.165, 1.54) is 9.77 Å². The first-order valence-electron chi connectivity index (χ1n) is 5.05. The van der Waals surface area contributed by atoms with Crippen LogP contribution in [0, 0.1) is 0 Å². The molecule has 1 aromatic carbocycles. The summed E-state index contributed by atoms with van der Waals surface area (Å²) in [4.78, 5) is 2.56. The molecule has 0 radical (unpaired) electrons. The second kappa shape index (κ2) is 6.38. The first-order chi connectivity index (χ1) is 8.19. The van der Waals surface area contributed by atoms with Crippen LogP contribution < -0.4 is 5.73 Å². The molecule has 5 heteroatoms. The highest BCUT2D eigenvalue weighted by Crippen LogP contribution is 2.38. The van der Waals surface area contributed by atoms with Crippen LogP contribution in [-0.4, -0.2) is 6.54 Å². The van der Waals surface area contributed by atoms with Gasteiger partial charge in [-0.25, -0.2) is 0 Å². The molecule has 90 valence electrons. The van der Waals surface area contributed by atoms with E-state index in [1.807, 2.05) is 11.8 Å². The fraction of sp³-hybridized carbons (Fsp3) is 0.167. The van der Waals surface area contributed by atoms with E-state index in [9.17, 15) is 0 Å². The Balaban J connectivity index is 2.12. The molecule has 1 aromatic heterocycles. The molecule has 1 atom stereocenters. The second-order valence-corrected chi connectivity index (χ2v) is 7.51. The molecule has 0 aliphatic heterocycles. The minimum atomic E-state index is 0.326. The van der Waals surface area contributed by atoms with Crippen molar-refractivity contribution in [3.8, 4) is 0 Å². The summed E-state index contributed by atoms with van der Waals surface area (Å²) in [6, 6.07) is 10.5. The number of thiophene rings is 1. The molecule has 0 saturated carbocycles. The maximum atomic E-state index is 5.85. The molecule has 17 heavy (non-hydrogen) atoms. The van der Waals surface area contributed by atoms with Crippen molar-refractivity contribution in [1.29, 1.82) is 0 Å².